The highest BCUT2D eigenvalue weighted by atomic mass is 32.1. The van der Waals surface area contributed by atoms with Gasteiger partial charge in [0, 0.05) is 44.0 Å². The standard InChI is InChI=1S/C25H32F3N5O2S/c1-2-3-10-29-24(35)33-13-8-17(9-14-33)23-31-20(16-36-23)22(34)30-19-15-18(25(26,27)28)6-7-21(19)32-11-4-5-12-32/h6-7,15-17H,2-5,8-14H2,1H3,(H,29,35)(H,30,34). The topological polar surface area (TPSA) is 77.6 Å². The number of nitrogens with one attached hydrogen (secondary N) is 2. The van der Waals surface area contributed by atoms with Crippen molar-refractivity contribution in [2.24, 2.45) is 0 Å². The van der Waals surface area contributed by atoms with Gasteiger partial charge >= 0.3 is 12.2 Å². The summed E-state index contributed by atoms with van der Waals surface area (Å²) in [5.74, 6) is -0.380. The number of alkyl halides is 3. The van der Waals surface area contributed by atoms with Crippen LogP contribution in [-0.2, 0) is 6.18 Å². The molecule has 1 aromatic carbocycles. The normalized spacial score (nSPS) is 16.9. The predicted molar refractivity (Wildman–Crippen MR) is 135 cm³/mol. The number of unbranched alkanes of at least 4 members (excludes halogenated alkanes) is 1. The maximum Gasteiger partial charge on any atom is 0.416 e. The van der Waals surface area contributed by atoms with Crippen molar-refractivity contribution in [3.8, 4) is 0 Å². The van der Waals surface area contributed by atoms with E-state index >= 15 is 0 Å². The lowest BCUT2D eigenvalue weighted by atomic mass is 9.98. The number of aromatic nitrogens is 1. The monoisotopic (exact) mass is 523 g/mol. The molecule has 0 bridgehead atoms. The van der Waals surface area contributed by atoms with Crippen LogP contribution in [0.3, 0.4) is 0 Å². The molecule has 2 aliphatic heterocycles. The van der Waals surface area contributed by atoms with Gasteiger partial charge in [0.2, 0.25) is 0 Å². The van der Waals surface area contributed by atoms with Crippen LogP contribution in [0.5, 0.6) is 0 Å². The molecule has 4 rings (SSSR count). The first-order chi connectivity index (χ1) is 17.3. The molecule has 0 saturated carbocycles. The van der Waals surface area contributed by atoms with Crippen LogP contribution in [0.15, 0.2) is 23.6 Å². The number of nitrogens with zero attached hydrogens (tertiary/aromatic N) is 3. The number of hydrogen-bond acceptors (Lipinski definition) is 5. The Bertz CT molecular complexity index is 1060. The van der Waals surface area contributed by atoms with Gasteiger partial charge in [0.25, 0.3) is 5.91 Å². The number of likely N-dealkylation sites (tertiary alicyclic amines) is 1. The first-order valence-corrected chi connectivity index (χ1v) is 13.4. The lowest BCUT2D eigenvalue weighted by Crippen LogP contribution is -2.44. The number of amides is 3. The van der Waals surface area contributed by atoms with Crippen LogP contribution in [0.1, 0.15) is 72.4 Å². The number of thiazole rings is 1. The van der Waals surface area contributed by atoms with Gasteiger partial charge in [-0.2, -0.15) is 13.2 Å². The summed E-state index contributed by atoms with van der Waals surface area (Å²) in [6.07, 6.45) is 0.900. The number of carbonyl (C=O) groups excluding carboxylic acids is 2. The minimum absolute atomic E-state index is 0.0454. The summed E-state index contributed by atoms with van der Waals surface area (Å²) >= 11 is 1.38. The molecule has 7 nitrogen and oxygen atoms in total. The number of rotatable bonds is 7. The largest absolute Gasteiger partial charge is 0.416 e. The minimum atomic E-state index is -4.50. The van der Waals surface area contributed by atoms with E-state index in [-0.39, 0.29) is 23.3 Å². The van der Waals surface area contributed by atoms with Crippen molar-refractivity contribution in [1.29, 1.82) is 0 Å². The van der Waals surface area contributed by atoms with Gasteiger partial charge in [0.1, 0.15) is 5.69 Å². The van der Waals surface area contributed by atoms with E-state index in [2.05, 4.69) is 22.5 Å². The number of urea groups is 1. The summed E-state index contributed by atoms with van der Waals surface area (Å²) in [4.78, 5) is 33.6. The lowest BCUT2D eigenvalue weighted by molar-refractivity contribution is -0.137. The summed E-state index contributed by atoms with van der Waals surface area (Å²) in [5.41, 5.74) is 0.132. The highest BCUT2D eigenvalue weighted by Crippen LogP contribution is 2.37. The molecular formula is C25H32F3N5O2S. The van der Waals surface area contributed by atoms with Crippen molar-refractivity contribution >= 4 is 34.6 Å². The highest BCUT2D eigenvalue weighted by Gasteiger charge is 2.32. The van der Waals surface area contributed by atoms with Crippen LogP contribution in [0, 0.1) is 0 Å². The first kappa shape index (κ1) is 26.2. The van der Waals surface area contributed by atoms with Crippen LogP contribution in [0.25, 0.3) is 0 Å². The van der Waals surface area contributed by atoms with E-state index in [0.717, 1.165) is 68.8 Å². The smallest absolute Gasteiger partial charge is 0.370 e. The molecule has 0 spiro atoms. The average Bonchev–Trinajstić information content (AvgIpc) is 3.56. The van der Waals surface area contributed by atoms with Crippen molar-refractivity contribution < 1.29 is 22.8 Å². The molecular weight excluding hydrogens is 491 g/mol. The van der Waals surface area contributed by atoms with Gasteiger partial charge < -0.3 is 20.4 Å². The van der Waals surface area contributed by atoms with Gasteiger partial charge in [0.05, 0.1) is 21.9 Å². The maximum absolute atomic E-state index is 13.3. The van der Waals surface area contributed by atoms with E-state index < -0.39 is 17.6 Å². The Balaban J connectivity index is 1.41. The number of carbonyl (C=O) groups is 2. The molecule has 36 heavy (non-hydrogen) atoms. The zero-order valence-corrected chi connectivity index (χ0v) is 21.2. The van der Waals surface area contributed by atoms with E-state index in [1.165, 1.54) is 17.4 Å². The SMILES string of the molecule is CCCCNC(=O)N1CCC(c2nc(C(=O)Nc3cc(C(F)(F)F)ccc3N3CCCC3)cs2)CC1. The van der Waals surface area contributed by atoms with Crippen molar-refractivity contribution in [3.05, 3.63) is 39.8 Å². The zero-order valence-electron chi connectivity index (χ0n) is 20.4. The molecule has 11 heteroatoms. The van der Waals surface area contributed by atoms with Gasteiger partial charge in [-0.1, -0.05) is 13.3 Å². The van der Waals surface area contributed by atoms with Gasteiger partial charge in [0.15, 0.2) is 0 Å². The lowest BCUT2D eigenvalue weighted by Gasteiger charge is -2.31. The number of hydrogen-bond donors (Lipinski definition) is 2. The third-order valence-electron chi connectivity index (χ3n) is 6.71. The quantitative estimate of drug-likeness (QED) is 0.456. The summed E-state index contributed by atoms with van der Waals surface area (Å²) < 4.78 is 40.0. The zero-order chi connectivity index (χ0) is 25.7. The second kappa shape index (κ2) is 11.5. The molecule has 3 heterocycles. The Labute approximate surface area is 213 Å². The Kier molecular flexibility index (Phi) is 8.38. The maximum atomic E-state index is 13.3. The Morgan fingerprint density at radius 1 is 1.14 bits per heavy atom. The Morgan fingerprint density at radius 3 is 2.53 bits per heavy atom. The fourth-order valence-corrected chi connectivity index (χ4v) is 5.60. The van der Waals surface area contributed by atoms with E-state index in [0.29, 0.717) is 25.3 Å². The van der Waals surface area contributed by atoms with Crippen LogP contribution < -0.4 is 15.5 Å². The van der Waals surface area contributed by atoms with Crippen LogP contribution in [-0.4, -0.2) is 54.5 Å². The Hall–Kier alpha value is -2.82. The molecule has 2 aromatic rings. The molecule has 196 valence electrons. The first-order valence-electron chi connectivity index (χ1n) is 12.5. The third kappa shape index (κ3) is 6.29. The number of anilines is 2. The molecule has 3 amide bonds. The fraction of sp³-hybridized carbons (Fsp3) is 0.560. The minimum Gasteiger partial charge on any atom is -0.370 e. The second-order valence-corrected chi connectivity index (χ2v) is 10.2. The third-order valence-corrected chi connectivity index (χ3v) is 7.72. The van der Waals surface area contributed by atoms with Crippen LogP contribution in [0.2, 0.25) is 0 Å². The highest BCUT2D eigenvalue weighted by molar-refractivity contribution is 7.10. The van der Waals surface area contributed by atoms with Gasteiger partial charge in [-0.25, -0.2) is 9.78 Å². The number of halogens is 3. The molecule has 2 N–H and O–H groups in total. The molecule has 0 radical (unpaired) electrons. The molecule has 2 aliphatic rings. The van der Waals surface area contributed by atoms with E-state index in [9.17, 15) is 22.8 Å². The van der Waals surface area contributed by atoms with Crippen LogP contribution in [0.4, 0.5) is 29.3 Å². The van der Waals surface area contributed by atoms with E-state index in [1.54, 1.807) is 10.3 Å². The Morgan fingerprint density at radius 2 is 1.86 bits per heavy atom. The predicted octanol–water partition coefficient (Wildman–Crippen LogP) is 5.70. The molecule has 2 saturated heterocycles. The molecule has 0 unspecified atom stereocenters. The molecule has 0 aliphatic carbocycles. The number of piperidine rings is 1. The molecule has 1 aromatic heterocycles. The van der Waals surface area contributed by atoms with Gasteiger partial charge in [-0.3, -0.25) is 4.79 Å². The summed E-state index contributed by atoms with van der Waals surface area (Å²) in [6.45, 7) is 5.47. The summed E-state index contributed by atoms with van der Waals surface area (Å²) in [5, 5.41) is 8.08. The van der Waals surface area contributed by atoms with Crippen molar-refractivity contribution in [1.82, 2.24) is 15.2 Å². The van der Waals surface area contributed by atoms with E-state index in [4.69, 9.17) is 0 Å². The van der Waals surface area contributed by atoms with Crippen molar-refractivity contribution in [2.45, 2.75) is 57.5 Å². The number of benzene rings is 1. The van der Waals surface area contributed by atoms with Crippen molar-refractivity contribution in [3.63, 3.8) is 0 Å². The second-order valence-electron chi connectivity index (χ2n) is 9.30. The van der Waals surface area contributed by atoms with Crippen molar-refractivity contribution in [2.75, 3.05) is 42.9 Å². The van der Waals surface area contributed by atoms with Crippen LogP contribution >= 0.6 is 11.3 Å². The molecule has 0 atom stereocenters. The summed E-state index contributed by atoms with van der Waals surface area (Å²) in [6, 6.07) is 3.44. The average molecular weight is 524 g/mol. The molecule has 2 fully saturated rings. The van der Waals surface area contributed by atoms with E-state index in [1.807, 2.05) is 4.90 Å². The van der Waals surface area contributed by atoms with Gasteiger partial charge in [-0.15, -0.1) is 11.3 Å². The fourth-order valence-electron chi connectivity index (χ4n) is 4.63. The summed E-state index contributed by atoms with van der Waals surface area (Å²) in [7, 11) is 0. The van der Waals surface area contributed by atoms with Gasteiger partial charge in [-0.05, 0) is 50.3 Å².